The first-order valence-electron chi connectivity index (χ1n) is 2.52. The number of carboxylic acids is 1. The van der Waals surface area contributed by atoms with Gasteiger partial charge in [0.1, 0.15) is 5.41 Å². The standard InChI is InChI=1S/C5H10O4.Li.H/c1-5(2-6,3-7)4(8)9;;/h6-7H,2-3H2,1H3,(H,8,9);;. The molecule has 0 heterocycles. The minimum atomic E-state index is -1.39. The van der Waals surface area contributed by atoms with Gasteiger partial charge >= 0.3 is 24.8 Å². The van der Waals surface area contributed by atoms with E-state index in [9.17, 15) is 4.79 Å². The fraction of sp³-hybridized carbons (Fsp3) is 0.800. The first-order chi connectivity index (χ1) is 4.06. The van der Waals surface area contributed by atoms with Crippen molar-refractivity contribution in [3.8, 4) is 0 Å². The molecule has 0 aromatic rings. The number of aliphatic carboxylic acids is 1. The predicted molar refractivity (Wildman–Crippen MR) is 37.1 cm³/mol. The van der Waals surface area contributed by atoms with Crippen LogP contribution in [0.25, 0.3) is 0 Å². The number of rotatable bonds is 3. The van der Waals surface area contributed by atoms with Crippen LogP contribution in [0, 0.1) is 5.41 Å². The summed E-state index contributed by atoms with van der Waals surface area (Å²) in [5.74, 6) is -1.19. The molecule has 0 fully saturated rings. The van der Waals surface area contributed by atoms with Crippen molar-refractivity contribution in [2.24, 2.45) is 5.41 Å². The maximum absolute atomic E-state index is 10.2. The van der Waals surface area contributed by atoms with Crippen LogP contribution in [0.2, 0.25) is 0 Å². The molecule has 0 aliphatic carbocycles. The molecule has 10 heavy (non-hydrogen) atoms. The molecular weight excluding hydrogens is 131 g/mol. The summed E-state index contributed by atoms with van der Waals surface area (Å²) in [6.07, 6.45) is 0. The van der Waals surface area contributed by atoms with E-state index in [0.717, 1.165) is 0 Å². The van der Waals surface area contributed by atoms with E-state index in [0.29, 0.717) is 0 Å². The van der Waals surface area contributed by atoms with Gasteiger partial charge in [-0.1, -0.05) is 0 Å². The van der Waals surface area contributed by atoms with Gasteiger partial charge in [-0.25, -0.2) is 0 Å². The number of aliphatic hydroxyl groups excluding tert-OH is 2. The molecule has 0 atom stereocenters. The molecule has 0 aromatic heterocycles. The van der Waals surface area contributed by atoms with Gasteiger partial charge in [-0.3, -0.25) is 4.79 Å². The second kappa shape index (κ2) is 4.75. The number of hydrogen-bond donors (Lipinski definition) is 3. The van der Waals surface area contributed by atoms with E-state index < -0.39 is 24.6 Å². The summed E-state index contributed by atoms with van der Waals surface area (Å²) >= 11 is 0. The van der Waals surface area contributed by atoms with E-state index in [1.54, 1.807) is 0 Å². The van der Waals surface area contributed by atoms with Crippen molar-refractivity contribution in [2.75, 3.05) is 13.2 Å². The molecule has 0 saturated carbocycles. The summed E-state index contributed by atoms with van der Waals surface area (Å²) in [6.45, 7) is 0.187. The van der Waals surface area contributed by atoms with Gasteiger partial charge in [0.05, 0.1) is 13.2 Å². The van der Waals surface area contributed by atoms with E-state index in [1.165, 1.54) is 6.92 Å². The quantitative estimate of drug-likeness (QED) is 0.415. The molecule has 0 bridgehead atoms. The van der Waals surface area contributed by atoms with Crippen LogP contribution in [-0.4, -0.2) is 53.4 Å². The van der Waals surface area contributed by atoms with E-state index in [4.69, 9.17) is 15.3 Å². The van der Waals surface area contributed by atoms with Crippen molar-refractivity contribution in [1.82, 2.24) is 0 Å². The SMILES string of the molecule is CC(CO)(CO)C(=O)O.[LiH]. The van der Waals surface area contributed by atoms with Crippen molar-refractivity contribution in [1.29, 1.82) is 0 Å². The number of hydrogen-bond acceptors (Lipinski definition) is 3. The molecule has 0 spiro atoms. The third-order valence-corrected chi connectivity index (χ3v) is 1.21. The first-order valence-corrected chi connectivity index (χ1v) is 2.52. The van der Waals surface area contributed by atoms with Crippen LogP contribution in [0.1, 0.15) is 6.92 Å². The molecule has 3 N–H and O–H groups in total. The Hall–Kier alpha value is -0.0126. The number of aliphatic hydroxyl groups is 2. The van der Waals surface area contributed by atoms with Gasteiger partial charge in [0.15, 0.2) is 0 Å². The summed E-state index contributed by atoms with van der Waals surface area (Å²) in [5.41, 5.74) is -1.39. The van der Waals surface area contributed by atoms with Gasteiger partial charge in [0.2, 0.25) is 0 Å². The molecule has 0 aliphatic rings. The van der Waals surface area contributed by atoms with Gasteiger partial charge in [-0.2, -0.15) is 0 Å². The number of carboxylic acid groups (broad SMARTS) is 1. The van der Waals surface area contributed by atoms with E-state index >= 15 is 0 Å². The summed E-state index contributed by atoms with van der Waals surface area (Å²) in [7, 11) is 0. The summed E-state index contributed by atoms with van der Waals surface area (Å²) < 4.78 is 0. The maximum atomic E-state index is 10.2. The number of carbonyl (C=O) groups is 1. The summed E-state index contributed by atoms with van der Waals surface area (Å²) in [5, 5.41) is 25.1. The average molecular weight is 142 g/mol. The van der Waals surface area contributed by atoms with Crippen LogP contribution in [0.15, 0.2) is 0 Å². The second-order valence-corrected chi connectivity index (χ2v) is 2.18. The van der Waals surface area contributed by atoms with Gasteiger partial charge < -0.3 is 15.3 Å². The second-order valence-electron chi connectivity index (χ2n) is 2.18. The topological polar surface area (TPSA) is 77.8 Å². The molecule has 56 valence electrons. The molecule has 0 radical (unpaired) electrons. The van der Waals surface area contributed by atoms with Crippen LogP contribution in [0.5, 0.6) is 0 Å². The van der Waals surface area contributed by atoms with E-state index in [2.05, 4.69) is 0 Å². The Labute approximate surface area is 71.0 Å². The molecule has 5 heteroatoms. The predicted octanol–water partition coefficient (Wildman–Crippen LogP) is -1.59. The first kappa shape index (κ1) is 12.6. The van der Waals surface area contributed by atoms with Crippen molar-refractivity contribution < 1.29 is 20.1 Å². The zero-order valence-electron chi connectivity index (χ0n) is 5.16. The molecule has 0 aliphatic heterocycles. The Bertz CT molecular complexity index is 110. The Kier molecular flexibility index (Phi) is 6.01. The normalized spacial score (nSPS) is 10.3. The zero-order valence-corrected chi connectivity index (χ0v) is 5.16. The Morgan fingerprint density at radius 1 is 1.40 bits per heavy atom. The van der Waals surface area contributed by atoms with Crippen LogP contribution in [0.3, 0.4) is 0 Å². The molecule has 0 amide bonds. The van der Waals surface area contributed by atoms with E-state index in [1.807, 2.05) is 0 Å². The van der Waals surface area contributed by atoms with Crippen molar-refractivity contribution >= 4 is 24.8 Å². The van der Waals surface area contributed by atoms with Gasteiger partial charge in [0, 0.05) is 0 Å². The Morgan fingerprint density at radius 2 is 1.70 bits per heavy atom. The van der Waals surface area contributed by atoms with Crippen LogP contribution in [0.4, 0.5) is 0 Å². The third kappa shape index (κ3) is 2.71. The monoisotopic (exact) mass is 142 g/mol. The van der Waals surface area contributed by atoms with Crippen LogP contribution < -0.4 is 0 Å². The summed E-state index contributed by atoms with van der Waals surface area (Å²) in [6, 6.07) is 0. The van der Waals surface area contributed by atoms with Crippen LogP contribution in [-0.2, 0) is 4.79 Å². The van der Waals surface area contributed by atoms with Gasteiger partial charge in [0.25, 0.3) is 0 Å². The van der Waals surface area contributed by atoms with Crippen molar-refractivity contribution in [2.45, 2.75) is 6.92 Å². The zero-order chi connectivity index (χ0) is 7.49. The molecule has 0 rings (SSSR count). The fourth-order valence-corrected chi connectivity index (χ4v) is 0.185. The van der Waals surface area contributed by atoms with Crippen molar-refractivity contribution in [3.63, 3.8) is 0 Å². The van der Waals surface area contributed by atoms with E-state index in [-0.39, 0.29) is 18.9 Å². The van der Waals surface area contributed by atoms with Crippen LogP contribution >= 0.6 is 0 Å². The van der Waals surface area contributed by atoms with Gasteiger partial charge in [-0.15, -0.1) is 0 Å². The van der Waals surface area contributed by atoms with Crippen molar-refractivity contribution in [3.05, 3.63) is 0 Å². The van der Waals surface area contributed by atoms with Gasteiger partial charge in [-0.05, 0) is 6.92 Å². The molecule has 0 unspecified atom stereocenters. The third-order valence-electron chi connectivity index (χ3n) is 1.21. The Balaban J connectivity index is 0. The molecule has 0 saturated heterocycles. The molecular formula is C5H11LiO4. The fourth-order valence-electron chi connectivity index (χ4n) is 0.185. The molecule has 4 nitrogen and oxygen atoms in total. The Morgan fingerprint density at radius 3 is 1.70 bits per heavy atom. The summed E-state index contributed by atoms with van der Waals surface area (Å²) in [4.78, 5) is 10.2. The minimum absolute atomic E-state index is 0. The molecule has 0 aromatic carbocycles. The average Bonchev–Trinajstić information content (AvgIpc) is 1.86.